The summed E-state index contributed by atoms with van der Waals surface area (Å²) in [6.45, 7) is 1.64. The molecule has 0 saturated heterocycles. The van der Waals surface area contributed by atoms with E-state index in [0.717, 1.165) is 0 Å². The molecule has 0 radical (unpaired) electrons. The van der Waals surface area contributed by atoms with Crippen molar-refractivity contribution in [3.63, 3.8) is 0 Å². The first kappa shape index (κ1) is 18.2. The Labute approximate surface area is 155 Å². The Kier molecular flexibility index (Phi) is 4.92. The standard InChI is InChI=1S/C18H14N4O4S/c1-12-8-17(21-26-12)22-27(24,25)16-7-3-5-14(10-16)18(23)20-15-6-2-4-13(9-15)11-19/h2-10H,1H3,(H,20,23)(H,21,22). The lowest BCUT2D eigenvalue weighted by atomic mass is 10.2. The van der Waals surface area contributed by atoms with Crippen molar-refractivity contribution < 1.29 is 17.7 Å². The topological polar surface area (TPSA) is 125 Å². The fraction of sp³-hybridized carbons (Fsp3) is 0.0556. The summed E-state index contributed by atoms with van der Waals surface area (Å²) in [6.07, 6.45) is 0. The number of aryl methyl sites for hydroxylation is 1. The van der Waals surface area contributed by atoms with Gasteiger partial charge in [-0.1, -0.05) is 17.3 Å². The summed E-state index contributed by atoms with van der Waals surface area (Å²) in [5, 5.41) is 15.1. The number of amides is 1. The van der Waals surface area contributed by atoms with Crippen LogP contribution in [0.3, 0.4) is 0 Å². The molecule has 0 saturated carbocycles. The first-order chi connectivity index (χ1) is 12.9. The summed E-state index contributed by atoms with van der Waals surface area (Å²) in [5.41, 5.74) is 0.983. The van der Waals surface area contributed by atoms with Crippen LogP contribution in [-0.4, -0.2) is 19.5 Å². The second-order valence-electron chi connectivity index (χ2n) is 5.60. The Hall–Kier alpha value is -3.64. The number of nitrogens with one attached hydrogen (secondary N) is 2. The van der Waals surface area contributed by atoms with Gasteiger partial charge in [-0.25, -0.2) is 8.42 Å². The number of carbonyl (C=O) groups is 1. The van der Waals surface area contributed by atoms with Crippen LogP contribution in [0.2, 0.25) is 0 Å². The van der Waals surface area contributed by atoms with Crippen molar-refractivity contribution in [1.82, 2.24) is 5.16 Å². The molecule has 0 aliphatic carbocycles. The average Bonchev–Trinajstić information content (AvgIpc) is 3.06. The number of hydrogen-bond acceptors (Lipinski definition) is 6. The molecule has 1 heterocycles. The average molecular weight is 382 g/mol. The highest BCUT2D eigenvalue weighted by Crippen LogP contribution is 2.18. The van der Waals surface area contributed by atoms with Crippen LogP contribution >= 0.6 is 0 Å². The zero-order chi connectivity index (χ0) is 19.4. The summed E-state index contributed by atoms with van der Waals surface area (Å²) < 4.78 is 32.0. The SMILES string of the molecule is Cc1cc(NS(=O)(=O)c2cccc(C(=O)Nc3cccc(C#N)c3)c2)no1. The van der Waals surface area contributed by atoms with E-state index in [9.17, 15) is 13.2 Å². The molecule has 2 N–H and O–H groups in total. The lowest BCUT2D eigenvalue weighted by molar-refractivity contribution is 0.102. The molecule has 3 aromatic rings. The molecule has 3 rings (SSSR count). The normalized spacial score (nSPS) is 10.8. The van der Waals surface area contributed by atoms with Crippen LogP contribution in [0.4, 0.5) is 11.5 Å². The third kappa shape index (κ3) is 4.31. The van der Waals surface area contributed by atoms with Gasteiger partial charge >= 0.3 is 0 Å². The molecular formula is C18H14N4O4S. The summed E-state index contributed by atoms with van der Waals surface area (Å²) in [6, 6.07) is 15.4. The molecule has 0 aliphatic rings. The lowest BCUT2D eigenvalue weighted by Gasteiger charge is -2.08. The minimum Gasteiger partial charge on any atom is -0.360 e. The monoisotopic (exact) mass is 382 g/mol. The maximum absolute atomic E-state index is 12.5. The van der Waals surface area contributed by atoms with Gasteiger partial charge in [0.2, 0.25) is 0 Å². The number of hydrogen-bond donors (Lipinski definition) is 2. The molecule has 0 bridgehead atoms. The predicted molar refractivity (Wildman–Crippen MR) is 97.6 cm³/mol. The Morgan fingerprint density at radius 2 is 1.93 bits per heavy atom. The van der Waals surface area contributed by atoms with E-state index in [1.165, 1.54) is 36.4 Å². The highest BCUT2D eigenvalue weighted by molar-refractivity contribution is 7.92. The molecule has 1 aromatic heterocycles. The van der Waals surface area contributed by atoms with Gasteiger partial charge in [0.15, 0.2) is 5.82 Å². The molecular weight excluding hydrogens is 368 g/mol. The maximum atomic E-state index is 12.5. The molecule has 0 atom stereocenters. The summed E-state index contributed by atoms with van der Waals surface area (Å²) in [4.78, 5) is 12.3. The molecule has 9 heteroatoms. The third-order valence-electron chi connectivity index (χ3n) is 3.52. The largest absolute Gasteiger partial charge is 0.360 e. The number of aromatic nitrogens is 1. The second-order valence-corrected chi connectivity index (χ2v) is 7.29. The zero-order valence-corrected chi connectivity index (χ0v) is 14.9. The molecule has 27 heavy (non-hydrogen) atoms. The van der Waals surface area contributed by atoms with Gasteiger partial charge in [-0.05, 0) is 43.3 Å². The fourth-order valence-corrected chi connectivity index (χ4v) is 3.31. The molecule has 1 amide bonds. The first-order valence-electron chi connectivity index (χ1n) is 7.75. The molecule has 8 nitrogen and oxygen atoms in total. The molecule has 0 unspecified atom stereocenters. The van der Waals surface area contributed by atoms with E-state index < -0.39 is 15.9 Å². The lowest BCUT2D eigenvalue weighted by Crippen LogP contribution is -2.16. The van der Waals surface area contributed by atoms with Crippen LogP contribution in [-0.2, 0) is 10.0 Å². The highest BCUT2D eigenvalue weighted by Gasteiger charge is 2.18. The van der Waals surface area contributed by atoms with Gasteiger partial charge in [0.05, 0.1) is 16.5 Å². The van der Waals surface area contributed by atoms with Crippen LogP contribution in [0.1, 0.15) is 21.7 Å². The Morgan fingerprint density at radius 1 is 1.15 bits per heavy atom. The predicted octanol–water partition coefficient (Wildman–Crippen LogP) is 2.91. The quantitative estimate of drug-likeness (QED) is 0.699. The van der Waals surface area contributed by atoms with E-state index in [4.69, 9.17) is 9.78 Å². The number of carbonyl (C=O) groups excluding carboxylic acids is 1. The Morgan fingerprint density at radius 3 is 2.63 bits per heavy atom. The van der Waals surface area contributed by atoms with Crippen LogP contribution in [0, 0.1) is 18.3 Å². The molecule has 0 aliphatic heterocycles. The maximum Gasteiger partial charge on any atom is 0.263 e. The zero-order valence-electron chi connectivity index (χ0n) is 14.1. The number of sulfonamides is 1. The number of rotatable bonds is 5. The first-order valence-corrected chi connectivity index (χ1v) is 9.23. The third-order valence-corrected chi connectivity index (χ3v) is 4.88. The van der Waals surface area contributed by atoms with E-state index in [0.29, 0.717) is 17.0 Å². The molecule has 0 spiro atoms. The van der Waals surface area contributed by atoms with E-state index >= 15 is 0 Å². The molecule has 136 valence electrons. The fourth-order valence-electron chi connectivity index (χ4n) is 2.29. The van der Waals surface area contributed by atoms with Gasteiger partial charge in [0.1, 0.15) is 5.76 Å². The van der Waals surface area contributed by atoms with Gasteiger partial charge in [-0.3, -0.25) is 9.52 Å². The highest BCUT2D eigenvalue weighted by atomic mass is 32.2. The minimum atomic E-state index is -3.94. The van der Waals surface area contributed by atoms with Crippen LogP contribution in [0.25, 0.3) is 0 Å². The van der Waals surface area contributed by atoms with Crippen molar-refractivity contribution in [2.75, 3.05) is 10.0 Å². The van der Waals surface area contributed by atoms with Crippen LogP contribution in [0.15, 0.2) is 64.0 Å². The number of nitrogens with zero attached hydrogens (tertiary/aromatic N) is 2. The number of anilines is 2. The molecule has 2 aromatic carbocycles. The number of nitriles is 1. The smallest absolute Gasteiger partial charge is 0.263 e. The van der Waals surface area contributed by atoms with Gasteiger partial charge < -0.3 is 9.84 Å². The van der Waals surface area contributed by atoms with Crippen molar-refractivity contribution in [1.29, 1.82) is 5.26 Å². The van der Waals surface area contributed by atoms with E-state index in [1.807, 2.05) is 6.07 Å². The van der Waals surface area contributed by atoms with Crippen molar-refractivity contribution in [2.45, 2.75) is 11.8 Å². The summed E-state index contributed by atoms with van der Waals surface area (Å²) in [5.74, 6) is 0.00974. The molecule has 0 fully saturated rings. The van der Waals surface area contributed by atoms with Gasteiger partial charge in [-0.15, -0.1) is 0 Å². The summed E-state index contributed by atoms with van der Waals surface area (Å²) >= 11 is 0. The minimum absolute atomic E-state index is 0.0515. The van der Waals surface area contributed by atoms with Crippen molar-refractivity contribution in [3.8, 4) is 6.07 Å². The van der Waals surface area contributed by atoms with Crippen molar-refractivity contribution >= 4 is 27.4 Å². The van der Waals surface area contributed by atoms with Gasteiger partial charge in [0.25, 0.3) is 15.9 Å². The Bertz CT molecular complexity index is 1150. The second kappa shape index (κ2) is 7.31. The van der Waals surface area contributed by atoms with Crippen LogP contribution in [0.5, 0.6) is 0 Å². The number of benzene rings is 2. The van der Waals surface area contributed by atoms with Crippen molar-refractivity contribution in [2.24, 2.45) is 0 Å². The van der Waals surface area contributed by atoms with Crippen molar-refractivity contribution in [3.05, 3.63) is 71.5 Å². The summed E-state index contributed by atoms with van der Waals surface area (Å²) in [7, 11) is -3.94. The van der Waals surface area contributed by atoms with E-state index in [1.54, 1.807) is 25.1 Å². The van der Waals surface area contributed by atoms with E-state index in [-0.39, 0.29) is 16.3 Å². The Balaban J connectivity index is 1.82. The van der Waals surface area contributed by atoms with Gasteiger partial charge in [-0.2, -0.15) is 5.26 Å². The van der Waals surface area contributed by atoms with Crippen LogP contribution < -0.4 is 10.0 Å². The van der Waals surface area contributed by atoms with E-state index in [2.05, 4.69) is 15.2 Å². The van der Waals surface area contributed by atoms with Gasteiger partial charge in [0, 0.05) is 17.3 Å².